The number of methoxy groups -OCH3 is 1. The van der Waals surface area contributed by atoms with Gasteiger partial charge in [-0.25, -0.2) is 9.59 Å². The Balaban J connectivity index is 2.87. The monoisotopic (exact) mass is 351 g/mol. The number of benzene rings is 1. The summed E-state index contributed by atoms with van der Waals surface area (Å²) in [5.74, 6) is -0.744. The third-order valence-corrected chi connectivity index (χ3v) is 3.14. The van der Waals surface area contributed by atoms with Gasteiger partial charge in [0, 0.05) is 5.02 Å². The number of hydrogen-bond donors (Lipinski definition) is 1. The van der Waals surface area contributed by atoms with Gasteiger partial charge < -0.3 is 9.47 Å². The summed E-state index contributed by atoms with van der Waals surface area (Å²) in [6.45, 7) is 5.08. The number of carbonyl (C=O) groups is 2. The lowest BCUT2D eigenvalue weighted by Gasteiger charge is -2.16. The molecular weight excluding hydrogens is 341 g/mol. The van der Waals surface area contributed by atoms with Gasteiger partial charge in [-0.05, 0) is 24.6 Å². The van der Waals surface area contributed by atoms with Gasteiger partial charge in [0.1, 0.15) is 0 Å². The molecule has 1 aromatic rings. The van der Waals surface area contributed by atoms with Crippen LogP contribution in [0.5, 0.6) is 0 Å². The van der Waals surface area contributed by atoms with Crippen LogP contribution in [0.1, 0.15) is 6.92 Å². The summed E-state index contributed by atoms with van der Waals surface area (Å²) in [6.07, 6.45) is -2.15. The molecule has 0 aliphatic rings. The summed E-state index contributed by atoms with van der Waals surface area (Å²) in [4.78, 5) is 23.3. The van der Waals surface area contributed by atoms with Crippen molar-refractivity contribution in [1.29, 1.82) is 0 Å². The number of rotatable bonds is 4. The predicted octanol–water partition coefficient (Wildman–Crippen LogP) is 4.31. The van der Waals surface area contributed by atoms with Gasteiger partial charge in [-0.15, -0.1) is 0 Å². The van der Waals surface area contributed by atoms with Crippen molar-refractivity contribution < 1.29 is 19.1 Å². The van der Waals surface area contributed by atoms with E-state index < -0.39 is 18.2 Å². The van der Waals surface area contributed by atoms with E-state index in [2.05, 4.69) is 16.6 Å². The van der Waals surface area contributed by atoms with Crippen molar-refractivity contribution in [1.82, 2.24) is 0 Å². The molecule has 0 heterocycles. The average molecular weight is 353 g/mol. The van der Waals surface area contributed by atoms with E-state index >= 15 is 0 Å². The Morgan fingerprint density at radius 1 is 1.24 bits per heavy atom. The summed E-state index contributed by atoms with van der Waals surface area (Å²) in [6, 6.07) is 2.81. The first-order valence-electron chi connectivity index (χ1n) is 5.61. The van der Waals surface area contributed by atoms with Crippen LogP contribution in [0.15, 0.2) is 24.3 Å². The maximum atomic E-state index is 11.8. The van der Waals surface area contributed by atoms with Crippen LogP contribution < -0.4 is 5.32 Å². The Labute approximate surface area is 136 Å². The van der Waals surface area contributed by atoms with Crippen LogP contribution in [-0.2, 0) is 14.3 Å². The van der Waals surface area contributed by atoms with Crippen molar-refractivity contribution in [3.63, 3.8) is 0 Å². The Kier molecular flexibility index (Phi) is 6.33. The molecule has 21 heavy (non-hydrogen) atoms. The fourth-order valence-corrected chi connectivity index (χ4v) is 2.27. The van der Waals surface area contributed by atoms with E-state index in [9.17, 15) is 9.59 Å². The van der Waals surface area contributed by atoms with Crippen LogP contribution >= 0.6 is 34.8 Å². The lowest BCUT2D eigenvalue weighted by molar-refractivity contribution is -0.148. The Bertz CT molecular complexity index is 566. The lowest BCUT2D eigenvalue weighted by Crippen LogP contribution is -2.31. The smallest absolute Gasteiger partial charge is 0.412 e. The van der Waals surface area contributed by atoms with Gasteiger partial charge in [0.2, 0.25) is 6.10 Å². The predicted molar refractivity (Wildman–Crippen MR) is 82.2 cm³/mol. The molecule has 5 nitrogen and oxygen atoms in total. The molecule has 114 valence electrons. The number of anilines is 1. The maximum Gasteiger partial charge on any atom is 0.412 e. The molecule has 0 spiro atoms. The molecule has 0 aliphatic carbocycles. The molecule has 1 N–H and O–H groups in total. The Morgan fingerprint density at radius 3 is 2.19 bits per heavy atom. The van der Waals surface area contributed by atoms with Gasteiger partial charge >= 0.3 is 12.1 Å². The Hall–Kier alpha value is -1.43. The van der Waals surface area contributed by atoms with Crippen LogP contribution in [0.2, 0.25) is 15.1 Å². The Morgan fingerprint density at radius 2 is 1.76 bits per heavy atom. The van der Waals surface area contributed by atoms with Gasteiger partial charge in [0.05, 0.1) is 22.8 Å². The average Bonchev–Trinajstić information content (AvgIpc) is 2.39. The van der Waals surface area contributed by atoms with Crippen LogP contribution in [-0.4, -0.2) is 25.3 Å². The van der Waals surface area contributed by atoms with Crippen LogP contribution in [0, 0.1) is 0 Å². The second kappa shape index (κ2) is 7.54. The van der Waals surface area contributed by atoms with E-state index in [-0.39, 0.29) is 15.7 Å². The number of ether oxygens (including phenoxy) is 2. The number of carbonyl (C=O) groups excluding carboxylic acids is 2. The van der Waals surface area contributed by atoms with Crippen molar-refractivity contribution >= 4 is 52.6 Å². The van der Waals surface area contributed by atoms with E-state index in [4.69, 9.17) is 39.5 Å². The van der Waals surface area contributed by atoms with E-state index in [1.54, 1.807) is 0 Å². The van der Waals surface area contributed by atoms with E-state index in [1.807, 2.05) is 0 Å². The van der Waals surface area contributed by atoms with Gasteiger partial charge in [-0.2, -0.15) is 0 Å². The summed E-state index contributed by atoms with van der Waals surface area (Å²) < 4.78 is 9.45. The number of hydrogen-bond acceptors (Lipinski definition) is 4. The minimum atomic E-state index is -1.22. The van der Waals surface area contributed by atoms with Crippen molar-refractivity contribution in [2.24, 2.45) is 0 Å². The minimum Gasteiger partial charge on any atom is -0.466 e. The molecular formula is C13H12Cl3NO4. The largest absolute Gasteiger partial charge is 0.466 e. The van der Waals surface area contributed by atoms with Gasteiger partial charge in [-0.1, -0.05) is 41.4 Å². The molecule has 0 bridgehead atoms. The summed E-state index contributed by atoms with van der Waals surface area (Å²) in [5, 5.41) is 2.92. The number of halogens is 3. The molecule has 1 unspecified atom stereocenters. The molecule has 0 saturated carbocycles. The molecule has 1 amide bonds. The van der Waals surface area contributed by atoms with Crippen LogP contribution in [0.3, 0.4) is 0 Å². The normalized spacial score (nSPS) is 11.5. The fraction of sp³-hybridized carbons (Fsp3) is 0.231. The zero-order chi connectivity index (χ0) is 16.2. The van der Waals surface area contributed by atoms with E-state index in [0.717, 1.165) is 0 Å². The second-order valence-corrected chi connectivity index (χ2v) is 5.28. The zero-order valence-electron chi connectivity index (χ0n) is 11.2. The lowest BCUT2D eigenvalue weighted by atomic mass is 10.2. The minimum absolute atomic E-state index is 0.123. The fourth-order valence-electron chi connectivity index (χ4n) is 1.36. The van der Waals surface area contributed by atoms with E-state index in [1.165, 1.54) is 26.2 Å². The van der Waals surface area contributed by atoms with Crippen molar-refractivity contribution in [3.8, 4) is 0 Å². The van der Waals surface area contributed by atoms with Crippen LogP contribution in [0.4, 0.5) is 10.5 Å². The number of esters is 1. The van der Waals surface area contributed by atoms with Crippen molar-refractivity contribution in [2.75, 3.05) is 12.4 Å². The third-order valence-electron chi connectivity index (χ3n) is 2.32. The van der Waals surface area contributed by atoms with Crippen molar-refractivity contribution in [3.05, 3.63) is 39.4 Å². The molecule has 0 aliphatic heterocycles. The zero-order valence-corrected chi connectivity index (χ0v) is 13.5. The van der Waals surface area contributed by atoms with E-state index in [0.29, 0.717) is 10.6 Å². The number of amides is 1. The quantitative estimate of drug-likeness (QED) is 0.647. The SMILES string of the molecule is C=C(C)C(OC(=O)Nc1c(Cl)cc(Cl)cc1Cl)C(=O)OC. The maximum absolute atomic E-state index is 11.8. The highest BCUT2D eigenvalue weighted by molar-refractivity contribution is 6.42. The highest BCUT2D eigenvalue weighted by Crippen LogP contribution is 2.33. The summed E-state index contributed by atoms with van der Waals surface area (Å²) >= 11 is 17.6. The van der Waals surface area contributed by atoms with Gasteiger partial charge in [-0.3, -0.25) is 5.32 Å². The first kappa shape index (κ1) is 17.6. The molecule has 0 radical (unpaired) electrons. The van der Waals surface area contributed by atoms with Crippen molar-refractivity contribution in [2.45, 2.75) is 13.0 Å². The highest BCUT2D eigenvalue weighted by Gasteiger charge is 2.25. The van der Waals surface area contributed by atoms with Gasteiger partial charge in [0.25, 0.3) is 0 Å². The standard InChI is InChI=1S/C13H12Cl3NO4/c1-6(2)11(12(18)20-3)21-13(19)17-10-8(15)4-7(14)5-9(10)16/h4-5,11H,1H2,2-3H3,(H,17,19). The topological polar surface area (TPSA) is 64.6 Å². The molecule has 1 atom stereocenters. The molecule has 0 aromatic heterocycles. The second-order valence-electron chi connectivity index (χ2n) is 4.02. The number of nitrogens with one attached hydrogen (secondary N) is 1. The third kappa shape index (κ3) is 4.81. The van der Waals surface area contributed by atoms with Gasteiger partial charge in [0.15, 0.2) is 0 Å². The first-order valence-corrected chi connectivity index (χ1v) is 6.75. The molecule has 1 aromatic carbocycles. The highest BCUT2D eigenvalue weighted by atomic mass is 35.5. The molecule has 0 fully saturated rings. The van der Waals surface area contributed by atoms with Crippen LogP contribution in [0.25, 0.3) is 0 Å². The summed E-state index contributed by atoms with van der Waals surface area (Å²) in [5.41, 5.74) is 0.434. The molecule has 8 heteroatoms. The first-order chi connectivity index (χ1) is 9.76. The molecule has 0 saturated heterocycles. The summed E-state index contributed by atoms with van der Waals surface area (Å²) in [7, 11) is 1.17. The molecule has 1 rings (SSSR count).